The van der Waals surface area contributed by atoms with Crippen LogP contribution >= 0.6 is 0 Å². The molecule has 0 aliphatic rings. The molecule has 57 heavy (non-hydrogen) atoms. The van der Waals surface area contributed by atoms with Gasteiger partial charge in [0.2, 0.25) is 0 Å². The van der Waals surface area contributed by atoms with Gasteiger partial charge in [-0.1, -0.05) is 164 Å². The van der Waals surface area contributed by atoms with Gasteiger partial charge in [0.25, 0.3) is 0 Å². The molecule has 0 fully saturated rings. The second-order valence-electron chi connectivity index (χ2n) is 14.8. The minimum absolute atomic E-state index is 0.824. The van der Waals surface area contributed by atoms with E-state index < -0.39 is 0 Å². The molecule has 0 atom stereocenters. The average Bonchev–Trinajstić information content (AvgIpc) is 3.85. The quantitative estimate of drug-likeness (QED) is 0.165. The average molecular weight is 728 g/mol. The summed E-state index contributed by atoms with van der Waals surface area (Å²) in [6, 6.07) is 71.4. The fraction of sp³-hybridized carbons (Fsp3) is 0. The first-order valence-corrected chi connectivity index (χ1v) is 19.4. The summed E-state index contributed by atoms with van der Waals surface area (Å²) in [4.78, 5) is 2.38. The third-order valence-corrected chi connectivity index (χ3v) is 11.6. The number of benzene rings is 10. The predicted molar refractivity (Wildman–Crippen MR) is 239 cm³/mol. The van der Waals surface area contributed by atoms with E-state index in [1.807, 2.05) is 12.1 Å². The highest BCUT2D eigenvalue weighted by atomic mass is 16.3. The van der Waals surface area contributed by atoms with Crippen LogP contribution in [0.4, 0.5) is 17.1 Å². The Balaban J connectivity index is 1.17. The molecule has 0 aliphatic carbocycles. The maximum Gasteiger partial charge on any atom is 0.159 e. The van der Waals surface area contributed by atoms with Crippen molar-refractivity contribution in [2.45, 2.75) is 0 Å². The molecule has 266 valence electrons. The largest absolute Gasteiger partial charge is 0.455 e. The number of hydrogen-bond donors (Lipinski definition) is 0. The molecule has 0 saturated heterocycles. The summed E-state index contributed by atoms with van der Waals surface area (Å²) in [5.74, 6) is 0. The van der Waals surface area contributed by atoms with Crippen molar-refractivity contribution < 1.29 is 8.83 Å². The van der Waals surface area contributed by atoms with E-state index in [0.717, 1.165) is 82.8 Å². The summed E-state index contributed by atoms with van der Waals surface area (Å²) in [5, 5.41) is 11.4. The number of fused-ring (bicyclic) bond motifs is 10. The van der Waals surface area contributed by atoms with Crippen LogP contribution in [0.15, 0.2) is 209 Å². The van der Waals surface area contributed by atoms with Crippen LogP contribution in [-0.4, -0.2) is 0 Å². The summed E-state index contributed by atoms with van der Waals surface area (Å²) >= 11 is 0. The van der Waals surface area contributed by atoms with E-state index >= 15 is 0 Å². The second-order valence-corrected chi connectivity index (χ2v) is 14.8. The second kappa shape index (κ2) is 12.5. The lowest BCUT2D eigenvalue weighted by atomic mass is 9.94. The molecule has 0 bridgehead atoms. The van der Waals surface area contributed by atoms with Crippen LogP contribution < -0.4 is 4.90 Å². The Bertz CT molecular complexity index is 3520. The molecule has 10 aromatic carbocycles. The van der Waals surface area contributed by atoms with E-state index in [1.165, 1.54) is 32.7 Å². The molecule has 0 saturated carbocycles. The van der Waals surface area contributed by atoms with Gasteiger partial charge < -0.3 is 13.7 Å². The Hall–Kier alpha value is -7.62. The van der Waals surface area contributed by atoms with Crippen LogP contribution in [0.2, 0.25) is 0 Å². The van der Waals surface area contributed by atoms with Crippen molar-refractivity contribution in [2.75, 3.05) is 4.90 Å². The predicted octanol–water partition coefficient (Wildman–Crippen LogP) is 15.7. The molecular formula is C54H33NO2. The maximum absolute atomic E-state index is 7.33. The van der Waals surface area contributed by atoms with E-state index in [0.29, 0.717) is 0 Å². The van der Waals surface area contributed by atoms with Gasteiger partial charge in [-0.2, -0.15) is 0 Å². The van der Waals surface area contributed by atoms with Crippen molar-refractivity contribution in [3.05, 3.63) is 200 Å². The molecule has 0 unspecified atom stereocenters. The molecule has 0 N–H and O–H groups in total. The highest BCUT2D eigenvalue weighted by Crippen LogP contribution is 2.49. The van der Waals surface area contributed by atoms with Crippen molar-refractivity contribution in [1.82, 2.24) is 0 Å². The molecule has 3 nitrogen and oxygen atoms in total. The highest BCUT2D eigenvalue weighted by molar-refractivity contribution is 6.23. The first-order valence-electron chi connectivity index (χ1n) is 19.4. The summed E-state index contributed by atoms with van der Waals surface area (Å²) in [5.41, 5.74) is 10.9. The number of anilines is 3. The molecule has 12 rings (SSSR count). The number of hydrogen-bond acceptors (Lipinski definition) is 3. The first kappa shape index (κ1) is 31.7. The van der Waals surface area contributed by atoms with Crippen LogP contribution in [-0.2, 0) is 0 Å². The number of para-hydroxylation sites is 3. The van der Waals surface area contributed by atoms with Crippen LogP contribution in [0.5, 0.6) is 0 Å². The Morgan fingerprint density at radius 1 is 0.316 bits per heavy atom. The number of rotatable bonds is 5. The Morgan fingerprint density at radius 2 is 0.912 bits per heavy atom. The normalized spacial score (nSPS) is 11.9. The fourth-order valence-electron chi connectivity index (χ4n) is 9.03. The van der Waals surface area contributed by atoms with Gasteiger partial charge in [-0.15, -0.1) is 0 Å². The Morgan fingerprint density at radius 3 is 1.72 bits per heavy atom. The zero-order chi connectivity index (χ0) is 37.5. The van der Waals surface area contributed by atoms with E-state index in [1.54, 1.807) is 0 Å². The van der Waals surface area contributed by atoms with Crippen LogP contribution in [0.1, 0.15) is 0 Å². The minimum Gasteiger partial charge on any atom is -0.455 e. The van der Waals surface area contributed by atoms with Crippen molar-refractivity contribution in [3.63, 3.8) is 0 Å². The topological polar surface area (TPSA) is 29.5 Å². The van der Waals surface area contributed by atoms with E-state index in [9.17, 15) is 0 Å². The van der Waals surface area contributed by atoms with Crippen molar-refractivity contribution in [1.29, 1.82) is 0 Å². The zero-order valence-corrected chi connectivity index (χ0v) is 30.8. The lowest BCUT2D eigenvalue weighted by molar-refractivity contribution is 0.665. The number of furan rings is 2. The molecule has 0 spiro atoms. The smallest absolute Gasteiger partial charge is 0.159 e. The van der Waals surface area contributed by atoms with Crippen molar-refractivity contribution in [3.8, 4) is 22.3 Å². The summed E-state index contributed by atoms with van der Waals surface area (Å²) in [6.45, 7) is 0. The van der Waals surface area contributed by atoms with E-state index in [4.69, 9.17) is 8.83 Å². The molecule has 2 aromatic heterocycles. The third-order valence-electron chi connectivity index (χ3n) is 11.6. The van der Waals surface area contributed by atoms with Crippen molar-refractivity contribution >= 4 is 93.3 Å². The summed E-state index contributed by atoms with van der Waals surface area (Å²) < 4.78 is 14.0. The summed E-state index contributed by atoms with van der Waals surface area (Å²) in [6.07, 6.45) is 0. The fourth-order valence-corrected chi connectivity index (χ4v) is 9.03. The minimum atomic E-state index is 0.824. The third kappa shape index (κ3) is 4.86. The molecule has 0 amide bonds. The Labute approximate surface area is 328 Å². The molecule has 3 heteroatoms. The first-order chi connectivity index (χ1) is 28.3. The maximum atomic E-state index is 7.33. The van der Waals surface area contributed by atoms with Gasteiger partial charge in [-0.25, -0.2) is 0 Å². The van der Waals surface area contributed by atoms with Gasteiger partial charge in [0.15, 0.2) is 5.58 Å². The lowest BCUT2D eigenvalue weighted by Crippen LogP contribution is -2.11. The molecule has 0 aliphatic heterocycles. The number of nitrogens with zero attached hydrogens (tertiary/aromatic N) is 1. The van der Waals surface area contributed by atoms with Crippen molar-refractivity contribution in [2.24, 2.45) is 0 Å². The van der Waals surface area contributed by atoms with Gasteiger partial charge >= 0.3 is 0 Å². The molecule has 0 radical (unpaired) electrons. The van der Waals surface area contributed by atoms with Gasteiger partial charge in [0.05, 0.1) is 11.4 Å². The molecule has 12 aromatic rings. The monoisotopic (exact) mass is 727 g/mol. The standard InChI is InChI=1S/C54H33NO2/c1-2-14-34(15-3-1)35-28-30-38(31-29-35)55(49-33-37-17-4-6-18-39(37)41-20-8-9-21-42(41)49)48-26-13-24-45-47-32-36-16-5-7-19-40(36)51(54(47)57-53(45)48)46-25-12-23-44-43-22-10-11-27-50(43)56-52(44)46/h1-33H. The van der Waals surface area contributed by atoms with E-state index in [-0.39, 0.29) is 0 Å². The van der Waals surface area contributed by atoms with E-state index in [2.05, 4.69) is 193 Å². The van der Waals surface area contributed by atoms with Crippen LogP contribution in [0.3, 0.4) is 0 Å². The summed E-state index contributed by atoms with van der Waals surface area (Å²) in [7, 11) is 0. The van der Waals surface area contributed by atoms with Gasteiger partial charge in [0, 0.05) is 43.7 Å². The van der Waals surface area contributed by atoms with Gasteiger partial charge in [-0.3, -0.25) is 0 Å². The SMILES string of the molecule is c1ccc(-c2ccc(N(c3cc4ccccc4c4ccccc34)c3cccc4c3oc3c(-c5cccc6c5oc5ccccc56)c5ccccc5cc34)cc2)cc1. The van der Waals surface area contributed by atoms with Crippen LogP contribution in [0, 0.1) is 0 Å². The van der Waals surface area contributed by atoms with Gasteiger partial charge in [-0.05, 0) is 74.5 Å². The lowest BCUT2D eigenvalue weighted by Gasteiger charge is -2.27. The molecular weight excluding hydrogens is 695 g/mol. The highest BCUT2D eigenvalue weighted by Gasteiger charge is 2.25. The molecule has 2 heterocycles. The zero-order valence-electron chi connectivity index (χ0n) is 30.8. The Kier molecular flexibility index (Phi) is 6.93. The van der Waals surface area contributed by atoms with Gasteiger partial charge in [0.1, 0.15) is 16.7 Å². The van der Waals surface area contributed by atoms with Crippen LogP contribution in [0.25, 0.3) is 98.4 Å².